The van der Waals surface area contributed by atoms with E-state index in [2.05, 4.69) is 24.5 Å². The Kier molecular flexibility index (Phi) is 5.38. The Hall–Kier alpha value is -2.36. The number of anilines is 1. The Morgan fingerprint density at radius 2 is 1.79 bits per heavy atom. The second-order valence-corrected chi connectivity index (χ2v) is 8.55. The van der Waals surface area contributed by atoms with Gasteiger partial charge in [-0.15, -0.1) is 4.40 Å². The lowest BCUT2D eigenvalue weighted by atomic mass is 10.3. The molecule has 0 atom stereocenters. The third-order valence-electron chi connectivity index (χ3n) is 4.92. The first-order valence-corrected chi connectivity index (χ1v) is 10.7. The molecule has 0 bridgehead atoms. The Morgan fingerprint density at radius 3 is 2.54 bits per heavy atom. The molecule has 0 radical (unpaired) electrons. The second-order valence-electron chi connectivity index (χ2n) is 6.98. The number of fused-ring (bicyclic) bond motifs is 1. The predicted molar refractivity (Wildman–Crippen MR) is 105 cm³/mol. The van der Waals surface area contributed by atoms with Gasteiger partial charge < -0.3 is 5.32 Å². The van der Waals surface area contributed by atoms with Crippen molar-refractivity contribution in [3.63, 3.8) is 0 Å². The molecule has 7 nitrogen and oxygen atoms in total. The van der Waals surface area contributed by atoms with Gasteiger partial charge >= 0.3 is 0 Å². The summed E-state index contributed by atoms with van der Waals surface area (Å²) < 4.78 is 42.7. The zero-order chi connectivity index (χ0) is 19.6. The van der Waals surface area contributed by atoms with Crippen molar-refractivity contribution in [1.29, 1.82) is 0 Å². The van der Waals surface area contributed by atoms with Gasteiger partial charge in [0, 0.05) is 25.8 Å². The Labute approximate surface area is 164 Å². The summed E-state index contributed by atoms with van der Waals surface area (Å²) in [5.41, 5.74) is 1.02. The summed E-state index contributed by atoms with van der Waals surface area (Å²) in [6.07, 6.45) is 2.75. The molecular weight excluding hydrogens is 381 g/mol. The number of aromatic nitrogens is 1. The van der Waals surface area contributed by atoms with Crippen LogP contribution >= 0.6 is 0 Å². The summed E-state index contributed by atoms with van der Waals surface area (Å²) in [4.78, 5) is 8.74. The number of amidine groups is 1. The average molecular weight is 403 g/mol. The normalized spacial score (nSPS) is 20.0. The minimum absolute atomic E-state index is 0.0147. The maximum Gasteiger partial charge on any atom is 0.286 e. The first-order valence-electron chi connectivity index (χ1n) is 9.25. The van der Waals surface area contributed by atoms with E-state index in [-0.39, 0.29) is 16.4 Å². The summed E-state index contributed by atoms with van der Waals surface area (Å²) >= 11 is 0. The van der Waals surface area contributed by atoms with Crippen LogP contribution in [0.1, 0.15) is 12.1 Å². The molecule has 28 heavy (non-hydrogen) atoms. The van der Waals surface area contributed by atoms with E-state index in [0.29, 0.717) is 6.54 Å². The number of hydrogen-bond donors (Lipinski definition) is 1. The summed E-state index contributed by atoms with van der Waals surface area (Å²) in [7, 11) is -3.88. The van der Waals surface area contributed by atoms with Crippen molar-refractivity contribution < 1.29 is 12.8 Å². The van der Waals surface area contributed by atoms with Crippen LogP contribution in [0, 0.1) is 5.82 Å². The molecule has 2 aliphatic heterocycles. The molecule has 0 unspecified atom stereocenters. The van der Waals surface area contributed by atoms with Crippen molar-refractivity contribution in [2.45, 2.75) is 17.9 Å². The van der Waals surface area contributed by atoms with Crippen molar-refractivity contribution in [3.05, 3.63) is 54.1 Å². The Balaban J connectivity index is 1.41. The molecule has 0 aliphatic carbocycles. The first kappa shape index (κ1) is 19.0. The molecule has 1 N–H and O–H groups in total. The van der Waals surface area contributed by atoms with E-state index in [1.807, 2.05) is 18.2 Å². The topological polar surface area (TPSA) is 77.9 Å². The van der Waals surface area contributed by atoms with Gasteiger partial charge in [-0.1, -0.05) is 12.1 Å². The van der Waals surface area contributed by atoms with E-state index >= 15 is 0 Å². The molecule has 1 aromatic heterocycles. The van der Waals surface area contributed by atoms with Crippen LogP contribution in [0.4, 0.5) is 10.1 Å². The van der Waals surface area contributed by atoms with E-state index < -0.39 is 15.8 Å². The van der Waals surface area contributed by atoms with Crippen molar-refractivity contribution in [3.8, 4) is 0 Å². The number of benzene rings is 1. The van der Waals surface area contributed by atoms with Crippen LogP contribution < -0.4 is 5.32 Å². The fraction of sp³-hybridized carbons (Fsp3) is 0.368. The molecule has 2 aliphatic rings. The molecule has 9 heteroatoms. The van der Waals surface area contributed by atoms with E-state index in [1.165, 1.54) is 18.2 Å². The minimum atomic E-state index is -3.88. The second kappa shape index (κ2) is 7.94. The van der Waals surface area contributed by atoms with E-state index in [9.17, 15) is 12.8 Å². The van der Waals surface area contributed by atoms with E-state index in [1.54, 1.807) is 6.20 Å². The van der Waals surface area contributed by atoms with Gasteiger partial charge in [0.05, 0.1) is 17.9 Å². The van der Waals surface area contributed by atoms with Gasteiger partial charge in [-0.05, 0) is 43.8 Å². The van der Waals surface area contributed by atoms with E-state index in [4.69, 9.17) is 0 Å². The predicted octanol–water partition coefficient (Wildman–Crippen LogP) is 1.94. The minimum Gasteiger partial charge on any atom is -0.338 e. The molecule has 0 amide bonds. The van der Waals surface area contributed by atoms with E-state index in [0.717, 1.165) is 44.8 Å². The Bertz CT molecular complexity index is 981. The number of nitrogens with zero attached hydrogens (tertiary/aromatic N) is 4. The number of hydrogen-bond acceptors (Lipinski definition) is 6. The quantitative estimate of drug-likeness (QED) is 0.841. The zero-order valence-corrected chi connectivity index (χ0v) is 16.2. The standard InChI is InChI=1S/C19H22FN5O2S/c20-16-6-3-7-17-19(16)22-18(23-28(17,26)27)14-25-10-4-9-24(11-12-25)13-15-5-1-2-8-21-15/h1-3,5-8H,4,9-14H2,(H,22,23). The van der Waals surface area contributed by atoms with Gasteiger partial charge in [0.15, 0.2) is 0 Å². The van der Waals surface area contributed by atoms with Crippen LogP contribution in [0.5, 0.6) is 0 Å². The van der Waals surface area contributed by atoms with Crippen molar-refractivity contribution in [2.75, 3.05) is 38.0 Å². The molecule has 148 valence electrons. The Morgan fingerprint density at radius 1 is 1.00 bits per heavy atom. The first-order chi connectivity index (χ1) is 13.5. The van der Waals surface area contributed by atoms with Gasteiger partial charge in [0.1, 0.15) is 16.5 Å². The highest BCUT2D eigenvalue weighted by Gasteiger charge is 2.28. The van der Waals surface area contributed by atoms with Gasteiger partial charge in [0.25, 0.3) is 10.0 Å². The SMILES string of the molecule is O=S1(=O)N=C(CN2CCCN(Cc3ccccn3)CC2)Nc2c(F)cccc21. The highest BCUT2D eigenvalue weighted by molar-refractivity contribution is 7.90. The number of halogens is 1. The molecule has 1 saturated heterocycles. The number of nitrogens with one attached hydrogen (secondary N) is 1. The lowest BCUT2D eigenvalue weighted by Crippen LogP contribution is -2.38. The summed E-state index contributed by atoms with van der Waals surface area (Å²) in [5, 5.41) is 2.87. The van der Waals surface area contributed by atoms with Gasteiger partial charge in [-0.25, -0.2) is 4.39 Å². The summed E-state index contributed by atoms with van der Waals surface area (Å²) in [6, 6.07) is 9.88. The van der Waals surface area contributed by atoms with Gasteiger partial charge in [-0.3, -0.25) is 14.8 Å². The fourth-order valence-electron chi connectivity index (χ4n) is 3.54. The van der Waals surface area contributed by atoms with Crippen molar-refractivity contribution in [1.82, 2.24) is 14.8 Å². The highest BCUT2D eigenvalue weighted by atomic mass is 32.2. The smallest absolute Gasteiger partial charge is 0.286 e. The van der Waals surface area contributed by atoms with Gasteiger partial charge in [0.2, 0.25) is 0 Å². The highest BCUT2D eigenvalue weighted by Crippen LogP contribution is 2.29. The van der Waals surface area contributed by atoms with Crippen molar-refractivity contribution in [2.24, 2.45) is 4.40 Å². The number of sulfonamides is 1. The van der Waals surface area contributed by atoms with Crippen LogP contribution in [-0.4, -0.2) is 61.8 Å². The largest absolute Gasteiger partial charge is 0.338 e. The maximum absolute atomic E-state index is 14.1. The average Bonchev–Trinajstić information content (AvgIpc) is 2.88. The van der Waals surface area contributed by atoms with Crippen LogP contribution in [0.15, 0.2) is 51.9 Å². The van der Waals surface area contributed by atoms with Crippen LogP contribution in [0.3, 0.4) is 0 Å². The van der Waals surface area contributed by atoms with Crippen LogP contribution in [0.2, 0.25) is 0 Å². The summed E-state index contributed by atoms with van der Waals surface area (Å²) in [5.74, 6) is -0.332. The third kappa shape index (κ3) is 4.21. The molecule has 3 heterocycles. The lowest BCUT2D eigenvalue weighted by Gasteiger charge is -2.25. The maximum atomic E-state index is 14.1. The molecule has 1 fully saturated rings. The van der Waals surface area contributed by atoms with Crippen LogP contribution in [-0.2, 0) is 16.6 Å². The molecule has 4 rings (SSSR count). The molecule has 1 aromatic carbocycles. The number of rotatable bonds is 4. The molecular formula is C19H22FN5O2S. The van der Waals surface area contributed by atoms with Crippen LogP contribution in [0.25, 0.3) is 0 Å². The lowest BCUT2D eigenvalue weighted by molar-refractivity contribution is 0.262. The number of para-hydroxylation sites is 1. The summed E-state index contributed by atoms with van der Waals surface area (Å²) in [6.45, 7) is 4.52. The fourth-order valence-corrected chi connectivity index (χ4v) is 4.69. The molecule has 0 saturated carbocycles. The third-order valence-corrected chi connectivity index (χ3v) is 6.28. The van der Waals surface area contributed by atoms with Gasteiger partial charge in [-0.2, -0.15) is 8.42 Å². The zero-order valence-electron chi connectivity index (χ0n) is 15.4. The van der Waals surface area contributed by atoms with Crippen molar-refractivity contribution >= 4 is 21.5 Å². The molecule has 2 aromatic rings. The molecule has 0 spiro atoms. The number of pyridine rings is 1. The monoisotopic (exact) mass is 403 g/mol.